The molecule has 15 heavy (non-hydrogen) atoms. The predicted molar refractivity (Wildman–Crippen MR) is 67.0 cm³/mol. The fourth-order valence-electron chi connectivity index (χ4n) is 1.81. The van der Waals surface area contributed by atoms with Crippen LogP contribution in [-0.2, 0) is 0 Å². The van der Waals surface area contributed by atoms with Gasteiger partial charge in [-0.25, -0.2) is 0 Å². The van der Waals surface area contributed by atoms with E-state index in [9.17, 15) is 0 Å². The smallest absolute Gasteiger partial charge is 0.0540 e. The van der Waals surface area contributed by atoms with E-state index >= 15 is 0 Å². The van der Waals surface area contributed by atoms with Crippen LogP contribution in [0.2, 0.25) is 0 Å². The molecule has 1 unspecified atom stereocenters. The largest absolute Gasteiger partial charge is 0.381 e. The van der Waals surface area contributed by atoms with E-state index in [1.54, 1.807) is 0 Å². The SMILES string of the molecule is CCC(CC1CC1)Nc1cncc(Br)c1. The molecule has 1 atom stereocenters. The maximum atomic E-state index is 4.16. The molecule has 82 valence electrons. The van der Waals surface area contributed by atoms with Crippen molar-refractivity contribution in [2.75, 3.05) is 5.32 Å². The molecule has 3 heteroatoms. The second-order valence-electron chi connectivity index (χ2n) is 4.32. The summed E-state index contributed by atoms with van der Waals surface area (Å²) >= 11 is 3.43. The zero-order valence-electron chi connectivity index (χ0n) is 9.04. The number of rotatable bonds is 5. The van der Waals surface area contributed by atoms with Gasteiger partial charge in [-0.3, -0.25) is 4.98 Å². The summed E-state index contributed by atoms with van der Waals surface area (Å²) < 4.78 is 1.04. The summed E-state index contributed by atoms with van der Waals surface area (Å²) in [5.41, 5.74) is 1.12. The monoisotopic (exact) mass is 268 g/mol. The first kappa shape index (κ1) is 10.9. The lowest BCUT2D eigenvalue weighted by atomic mass is 10.1. The van der Waals surface area contributed by atoms with Gasteiger partial charge in [0.2, 0.25) is 0 Å². The molecule has 0 aliphatic heterocycles. The van der Waals surface area contributed by atoms with Crippen molar-refractivity contribution in [2.45, 2.75) is 38.6 Å². The van der Waals surface area contributed by atoms with E-state index in [4.69, 9.17) is 0 Å². The molecule has 1 fully saturated rings. The average Bonchev–Trinajstić information content (AvgIpc) is 3.01. The molecule has 1 aliphatic rings. The first-order chi connectivity index (χ1) is 7.28. The van der Waals surface area contributed by atoms with Crippen molar-refractivity contribution in [3.8, 4) is 0 Å². The molecule has 0 radical (unpaired) electrons. The van der Waals surface area contributed by atoms with Crippen molar-refractivity contribution in [3.05, 3.63) is 22.9 Å². The lowest BCUT2D eigenvalue weighted by Crippen LogP contribution is -2.19. The highest BCUT2D eigenvalue weighted by atomic mass is 79.9. The third-order valence-corrected chi connectivity index (χ3v) is 3.32. The maximum Gasteiger partial charge on any atom is 0.0540 e. The van der Waals surface area contributed by atoms with E-state index < -0.39 is 0 Å². The Labute approximate surface area is 99.6 Å². The zero-order chi connectivity index (χ0) is 10.7. The highest BCUT2D eigenvalue weighted by molar-refractivity contribution is 9.10. The van der Waals surface area contributed by atoms with Crippen LogP contribution in [-0.4, -0.2) is 11.0 Å². The predicted octanol–water partition coefficient (Wildman–Crippen LogP) is 3.83. The Balaban J connectivity index is 1.92. The fraction of sp³-hybridized carbons (Fsp3) is 0.583. The summed E-state index contributed by atoms with van der Waals surface area (Å²) in [6.45, 7) is 2.24. The normalized spacial score (nSPS) is 17.5. The summed E-state index contributed by atoms with van der Waals surface area (Å²) in [7, 11) is 0. The van der Waals surface area contributed by atoms with Crippen molar-refractivity contribution in [1.82, 2.24) is 4.98 Å². The summed E-state index contributed by atoms with van der Waals surface area (Å²) in [4.78, 5) is 4.16. The second kappa shape index (κ2) is 4.97. The van der Waals surface area contributed by atoms with Gasteiger partial charge < -0.3 is 5.32 Å². The molecule has 1 aromatic heterocycles. The van der Waals surface area contributed by atoms with Crippen LogP contribution in [0.1, 0.15) is 32.6 Å². The summed E-state index contributed by atoms with van der Waals surface area (Å²) in [6, 6.07) is 2.69. The minimum absolute atomic E-state index is 0.605. The first-order valence-electron chi connectivity index (χ1n) is 5.65. The number of nitrogens with one attached hydrogen (secondary N) is 1. The lowest BCUT2D eigenvalue weighted by Gasteiger charge is -2.17. The van der Waals surface area contributed by atoms with Gasteiger partial charge in [0.15, 0.2) is 0 Å². The van der Waals surface area contributed by atoms with Crippen LogP contribution in [0.25, 0.3) is 0 Å². The van der Waals surface area contributed by atoms with Gasteiger partial charge in [-0.2, -0.15) is 0 Å². The molecule has 1 aliphatic carbocycles. The third-order valence-electron chi connectivity index (χ3n) is 2.88. The van der Waals surface area contributed by atoms with Crippen LogP contribution in [0.4, 0.5) is 5.69 Å². The van der Waals surface area contributed by atoms with E-state index in [-0.39, 0.29) is 0 Å². The summed E-state index contributed by atoms with van der Waals surface area (Å²) in [5, 5.41) is 3.55. The number of pyridine rings is 1. The fourth-order valence-corrected chi connectivity index (χ4v) is 2.17. The van der Waals surface area contributed by atoms with Gasteiger partial charge in [-0.15, -0.1) is 0 Å². The molecule has 0 spiro atoms. The van der Waals surface area contributed by atoms with Crippen LogP contribution in [0.15, 0.2) is 22.9 Å². The van der Waals surface area contributed by atoms with E-state index in [1.807, 2.05) is 12.4 Å². The Kier molecular flexibility index (Phi) is 3.62. The number of hydrogen-bond donors (Lipinski definition) is 1. The topological polar surface area (TPSA) is 24.9 Å². The third kappa shape index (κ3) is 3.49. The van der Waals surface area contributed by atoms with Gasteiger partial charge >= 0.3 is 0 Å². The van der Waals surface area contributed by atoms with Crippen LogP contribution >= 0.6 is 15.9 Å². The quantitative estimate of drug-likeness (QED) is 0.878. The Bertz CT molecular complexity index is 323. The molecule has 1 N–H and O–H groups in total. The van der Waals surface area contributed by atoms with Crippen LogP contribution in [0.3, 0.4) is 0 Å². The van der Waals surface area contributed by atoms with Gasteiger partial charge in [-0.05, 0) is 40.8 Å². The molecule has 0 aromatic carbocycles. The Morgan fingerprint density at radius 3 is 2.93 bits per heavy atom. The van der Waals surface area contributed by atoms with Crippen LogP contribution in [0, 0.1) is 5.92 Å². The Morgan fingerprint density at radius 1 is 1.53 bits per heavy atom. The minimum atomic E-state index is 0.605. The molecule has 0 amide bonds. The van der Waals surface area contributed by atoms with E-state index in [0.717, 1.165) is 16.1 Å². The van der Waals surface area contributed by atoms with E-state index in [2.05, 4.69) is 39.2 Å². The van der Waals surface area contributed by atoms with E-state index in [0.29, 0.717) is 6.04 Å². The van der Waals surface area contributed by atoms with E-state index in [1.165, 1.54) is 25.7 Å². The Hall–Kier alpha value is -0.570. The maximum absolute atomic E-state index is 4.16. The molecule has 1 heterocycles. The average molecular weight is 269 g/mol. The first-order valence-corrected chi connectivity index (χ1v) is 6.44. The van der Waals surface area contributed by atoms with Gasteiger partial charge in [-0.1, -0.05) is 19.8 Å². The summed E-state index contributed by atoms with van der Waals surface area (Å²) in [5.74, 6) is 0.975. The molecule has 1 aromatic rings. The molecule has 2 nitrogen and oxygen atoms in total. The molecule has 2 rings (SSSR count). The minimum Gasteiger partial charge on any atom is -0.381 e. The number of halogens is 1. The standard InChI is InChI=1S/C12H17BrN2/c1-2-11(5-9-3-4-9)15-12-6-10(13)7-14-8-12/h6-9,11,15H,2-5H2,1H3. The number of aromatic nitrogens is 1. The van der Waals surface area contributed by atoms with Crippen LogP contribution < -0.4 is 5.32 Å². The second-order valence-corrected chi connectivity index (χ2v) is 5.24. The van der Waals surface area contributed by atoms with Crippen molar-refractivity contribution in [1.29, 1.82) is 0 Å². The number of hydrogen-bond acceptors (Lipinski definition) is 2. The number of anilines is 1. The van der Waals surface area contributed by atoms with Crippen molar-refractivity contribution in [3.63, 3.8) is 0 Å². The van der Waals surface area contributed by atoms with Gasteiger partial charge in [0.1, 0.15) is 0 Å². The molecular formula is C12H17BrN2. The van der Waals surface area contributed by atoms with Gasteiger partial charge in [0.05, 0.1) is 11.9 Å². The molecule has 0 bridgehead atoms. The van der Waals surface area contributed by atoms with Crippen molar-refractivity contribution in [2.24, 2.45) is 5.92 Å². The van der Waals surface area contributed by atoms with Gasteiger partial charge in [0.25, 0.3) is 0 Å². The molecule has 1 saturated carbocycles. The Morgan fingerprint density at radius 2 is 2.33 bits per heavy atom. The molecule has 0 saturated heterocycles. The number of nitrogens with zero attached hydrogens (tertiary/aromatic N) is 1. The molecular weight excluding hydrogens is 252 g/mol. The zero-order valence-corrected chi connectivity index (χ0v) is 10.6. The summed E-state index contributed by atoms with van der Waals surface area (Å²) in [6.07, 6.45) is 9.04. The van der Waals surface area contributed by atoms with Crippen LogP contribution in [0.5, 0.6) is 0 Å². The highest BCUT2D eigenvalue weighted by Gasteiger charge is 2.24. The van der Waals surface area contributed by atoms with Crippen molar-refractivity contribution < 1.29 is 0 Å². The highest BCUT2D eigenvalue weighted by Crippen LogP contribution is 2.34. The lowest BCUT2D eigenvalue weighted by molar-refractivity contribution is 0.587. The van der Waals surface area contributed by atoms with Crippen molar-refractivity contribution >= 4 is 21.6 Å². The van der Waals surface area contributed by atoms with Gasteiger partial charge in [0, 0.05) is 16.7 Å².